The summed E-state index contributed by atoms with van der Waals surface area (Å²) in [6.07, 6.45) is 3.61. The first-order valence-electron chi connectivity index (χ1n) is 11.0. The Labute approximate surface area is 191 Å². The first-order valence-corrected chi connectivity index (χ1v) is 12.0. The molecule has 5 rings (SSSR count). The molecule has 0 bridgehead atoms. The van der Waals surface area contributed by atoms with Gasteiger partial charge in [-0.25, -0.2) is 4.98 Å². The Balaban J connectivity index is 1.51. The molecule has 2 aromatic heterocycles. The monoisotopic (exact) mass is 446 g/mol. The van der Waals surface area contributed by atoms with Gasteiger partial charge in [0.1, 0.15) is 5.82 Å². The van der Waals surface area contributed by atoms with Crippen LogP contribution in [0.25, 0.3) is 16.6 Å². The Kier molecular flexibility index (Phi) is 5.70. The summed E-state index contributed by atoms with van der Waals surface area (Å²) in [5, 5.41) is 10.5. The first kappa shape index (κ1) is 20.8. The maximum absolute atomic E-state index is 12.8. The Morgan fingerprint density at radius 2 is 1.72 bits per heavy atom. The van der Waals surface area contributed by atoms with E-state index in [-0.39, 0.29) is 5.56 Å². The summed E-state index contributed by atoms with van der Waals surface area (Å²) in [6, 6.07) is 15.9. The van der Waals surface area contributed by atoms with Gasteiger partial charge in [0.05, 0.1) is 22.3 Å². The molecule has 3 heterocycles. The number of thioether (sulfide) groups is 1. The SMILES string of the molecule is Cc1ccc(-n2c(SCc3nc4ccccc4c(=O)n3C)nnc2N2CCCCC2)cc1. The molecule has 0 saturated carbocycles. The highest BCUT2D eigenvalue weighted by Gasteiger charge is 2.22. The molecule has 164 valence electrons. The maximum atomic E-state index is 12.8. The number of benzene rings is 2. The summed E-state index contributed by atoms with van der Waals surface area (Å²) in [5.74, 6) is 2.13. The van der Waals surface area contributed by atoms with Crippen molar-refractivity contribution < 1.29 is 0 Å². The van der Waals surface area contributed by atoms with Crippen molar-refractivity contribution in [3.8, 4) is 5.69 Å². The van der Waals surface area contributed by atoms with Crippen molar-refractivity contribution in [2.75, 3.05) is 18.0 Å². The van der Waals surface area contributed by atoms with Crippen LogP contribution in [0.4, 0.5) is 5.95 Å². The third-order valence-electron chi connectivity index (χ3n) is 5.95. The molecule has 0 unspecified atom stereocenters. The second kappa shape index (κ2) is 8.78. The number of hydrogen-bond donors (Lipinski definition) is 0. The van der Waals surface area contributed by atoms with Gasteiger partial charge in [0.2, 0.25) is 5.95 Å². The average Bonchev–Trinajstić information content (AvgIpc) is 3.25. The summed E-state index contributed by atoms with van der Waals surface area (Å²) in [4.78, 5) is 19.8. The lowest BCUT2D eigenvalue weighted by Gasteiger charge is -2.27. The van der Waals surface area contributed by atoms with Gasteiger partial charge in [0, 0.05) is 20.1 Å². The van der Waals surface area contributed by atoms with Gasteiger partial charge in [0.25, 0.3) is 5.56 Å². The van der Waals surface area contributed by atoms with Gasteiger partial charge in [-0.05, 0) is 50.5 Å². The molecule has 1 aliphatic heterocycles. The topological polar surface area (TPSA) is 68.8 Å². The molecule has 0 atom stereocenters. The summed E-state index contributed by atoms with van der Waals surface area (Å²) in [7, 11) is 1.78. The second-order valence-corrected chi connectivity index (χ2v) is 9.14. The third-order valence-corrected chi connectivity index (χ3v) is 6.88. The number of aromatic nitrogens is 5. The number of nitrogens with zero attached hydrogens (tertiary/aromatic N) is 6. The molecular weight excluding hydrogens is 420 g/mol. The standard InChI is InChI=1S/C24H26N6OS/c1-17-10-12-18(13-11-17)30-23(29-14-6-3-7-15-29)26-27-24(30)32-16-21-25-20-9-5-4-8-19(20)22(31)28(21)2/h4-5,8-13H,3,6-7,14-16H2,1-2H3. The average molecular weight is 447 g/mol. The summed E-state index contributed by atoms with van der Waals surface area (Å²) >= 11 is 1.56. The van der Waals surface area contributed by atoms with Gasteiger partial charge in [-0.2, -0.15) is 0 Å². The predicted molar refractivity (Wildman–Crippen MR) is 129 cm³/mol. The lowest BCUT2D eigenvalue weighted by atomic mass is 10.1. The Morgan fingerprint density at radius 3 is 2.50 bits per heavy atom. The van der Waals surface area contributed by atoms with Crippen molar-refractivity contribution in [1.29, 1.82) is 0 Å². The van der Waals surface area contributed by atoms with Crippen molar-refractivity contribution in [2.24, 2.45) is 7.05 Å². The Bertz CT molecular complexity index is 1300. The van der Waals surface area contributed by atoms with Crippen LogP contribution in [0.2, 0.25) is 0 Å². The third kappa shape index (κ3) is 3.90. The fourth-order valence-corrected chi connectivity index (χ4v) is 5.03. The zero-order valence-electron chi connectivity index (χ0n) is 18.4. The van der Waals surface area contributed by atoms with Gasteiger partial charge in [-0.15, -0.1) is 10.2 Å². The maximum Gasteiger partial charge on any atom is 0.261 e. The predicted octanol–water partition coefficient (Wildman–Crippen LogP) is 4.11. The number of anilines is 1. The number of fused-ring (bicyclic) bond motifs is 1. The van der Waals surface area contributed by atoms with Gasteiger partial charge in [-0.1, -0.05) is 41.6 Å². The van der Waals surface area contributed by atoms with Crippen molar-refractivity contribution in [2.45, 2.75) is 37.1 Å². The Morgan fingerprint density at radius 1 is 0.969 bits per heavy atom. The first-order chi connectivity index (χ1) is 15.6. The number of piperidine rings is 1. The van der Waals surface area contributed by atoms with E-state index in [4.69, 9.17) is 4.98 Å². The van der Waals surface area contributed by atoms with E-state index in [1.54, 1.807) is 23.4 Å². The number of aryl methyl sites for hydroxylation is 1. The minimum Gasteiger partial charge on any atom is -0.341 e. The highest BCUT2D eigenvalue weighted by atomic mass is 32.2. The highest BCUT2D eigenvalue weighted by molar-refractivity contribution is 7.98. The molecule has 0 spiro atoms. The minimum absolute atomic E-state index is 0.0276. The van der Waals surface area contributed by atoms with Crippen LogP contribution in [0.1, 0.15) is 30.7 Å². The molecular formula is C24H26N6OS. The molecule has 1 fully saturated rings. The minimum atomic E-state index is -0.0276. The lowest BCUT2D eigenvalue weighted by Crippen LogP contribution is -2.31. The fraction of sp³-hybridized carbons (Fsp3) is 0.333. The molecule has 0 radical (unpaired) electrons. The molecule has 8 heteroatoms. The van der Waals surface area contributed by atoms with Crippen LogP contribution < -0.4 is 10.5 Å². The second-order valence-electron chi connectivity index (χ2n) is 8.20. The van der Waals surface area contributed by atoms with Crippen LogP contribution in [0.3, 0.4) is 0 Å². The van der Waals surface area contributed by atoms with Crippen LogP contribution in [0.15, 0.2) is 58.5 Å². The van der Waals surface area contributed by atoms with E-state index in [0.717, 1.165) is 41.2 Å². The lowest BCUT2D eigenvalue weighted by molar-refractivity contribution is 0.564. The molecule has 0 aliphatic carbocycles. The van der Waals surface area contributed by atoms with Crippen LogP contribution in [-0.4, -0.2) is 37.4 Å². The molecule has 1 aliphatic rings. The van der Waals surface area contributed by atoms with E-state index in [1.165, 1.54) is 24.8 Å². The quantitative estimate of drug-likeness (QED) is 0.430. The highest BCUT2D eigenvalue weighted by Crippen LogP contribution is 2.30. The molecule has 2 aromatic carbocycles. The van der Waals surface area contributed by atoms with Gasteiger partial charge < -0.3 is 4.90 Å². The molecule has 32 heavy (non-hydrogen) atoms. The Hall–Kier alpha value is -3.13. The number of para-hydroxylation sites is 1. The van der Waals surface area contributed by atoms with Crippen LogP contribution in [-0.2, 0) is 12.8 Å². The fourth-order valence-electron chi connectivity index (χ4n) is 4.10. The van der Waals surface area contributed by atoms with E-state index in [2.05, 4.69) is 50.9 Å². The molecule has 7 nitrogen and oxygen atoms in total. The van der Waals surface area contributed by atoms with E-state index < -0.39 is 0 Å². The van der Waals surface area contributed by atoms with Crippen LogP contribution in [0, 0.1) is 6.92 Å². The molecule has 0 amide bonds. The van der Waals surface area contributed by atoms with Gasteiger partial charge in [0.15, 0.2) is 5.16 Å². The van der Waals surface area contributed by atoms with Crippen molar-refractivity contribution in [3.05, 3.63) is 70.3 Å². The summed E-state index contributed by atoms with van der Waals surface area (Å²) in [5.41, 5.74) is 2.95. The zero-order chi connectivity index (χ0) is 22.1. The summed E-state index contributed by atoms with van der Waals surface area (Å²) < 4.78 is 3.77. The molecule has 0 N–H and O–H groups in total. The van der Waals surface area contributed by atoms with Crippen molar-refractivity contribution in [1.82, 2.24) is 24.3 Å². The normalized spacial score (nSPS) is 14.2. The zero-order valence-corrected chi connectivity index (χ0v) is 19.2. The number of rotatable bonds is 5. The van der Waals surface area contributed by atoms with Crippen LogP contribution >= 0.6 is 11.8 Å². The van der Waals surface area contributed by atoms with Crippen molar-refractivity contribution in [3.63, 3.8) is 0 Å². The van der Waals surface area contributed by atoms with Crippen LogP contribution in [0.5, 0.6) is 0 Å². The van der Waals surface area contributed by atoms with E-state index in [1.807, 2.05) is 24.3 Å². The van der Waals surface area contributed by atoms with Crippen molar-refractivity contribution >= 4 is 28.6 Å². The smallest absolute Gasteiger partial charge is 0.261 e. The van der Waals surface area contributed by atoms with E-state index >= 15 is 0 Å². The molecule has 1 saturated heterocycles. The van der Waals surface area contributed by atoms with E-state index in [9.17, 15) is 4.79 Å². The van der Waals surface area contributed by atoms with E-state index in [0.29, 0.717) is 11.1 Å². The van der Waals surface area contributed by atoms with Gasteiger partial charge in [-0.3, -0.25) is 13.9 Å². The number of hydrogen-bond acceptors (Lipinski definition) is 6. The molecule has 4 aromatic rings. The van der Waals surface area contributed by atoms with Gasteiger partial charge >= 0.3 is 0 Å². The summed E-state index contributed by atoms with van der Waals surface area (Å²) in [6.45, 7) is 4.08. The largest absolute Gasteiger partial charge is 0.341 e.